The van der Waals surface area contributed by atoms with Crippen LogP contribution in [0.3, 0.4) is 0 Å². The Kier molecular flexibility index (Phi) is 8.41. The first-order chi connectivity index (χ1) is 14.4. The first-order valence-electron chi connectivity index (χ1n) is 10.9. The molecule has 0 spiro atoms. The van der Waals surface area contributed by atoms with Crippen molar-refractivity contribution in [1.82, 2.24) is 9.13 Å². The van der Waals surface area contributed by atoms with Gasteiger partial charge in [0.15, 0.2) is 5.79 Å². The Hall–Kier alpha value is -1.96. The van der Waals surface area contributed by atoms with Crippen molar-refractivity contribution in [2.45, 2.75) is 84.8 Å². The number of aliphatic hydroxyl groups is 1. The Morgan fingerprint density at radius 1 is 1.17 bits per heavy atom. The highest BCUT2D eigenvalue weighted by Gasteiger charge is 2.32. The van der Waals surface area contributed by atoms with Crippen molar-refractivity contribution in [3.05, 3.63) is 44.5 Å². The zero-order valence-electron chi connectivity index (χ0n) is 19.1. The summed E-state index contributed by atoms with van der Waals surface area (Å²) >= 11 is 0. The third-order valence-corrected chi connectivity index (χ3v) is 5.57. The molecule has 168 valence electrons. The van der Waals surface area contributed by atoms with E-state index in [2.05, 4.69) is 13.0 Å². The largest absolute Gasteiger partial charge is 0.400 e. The third-order valence-electron chi connectivity index (χ3n) is 5.57. The summed E-state index contributed by atoms with van der Waals surface area (Å²) in [5.74, 6) is -0.133. The standard InChI is InChI=1S/C20H26N2O4.C2H6.CH4O/c1-13-9-11-22-17-15(13)7-4-8-16(17)21(18(23)19(22)24)10-5-6-14-12-25-20(2,3)26-14;2*1-2/h4,7-8,13-14H,5-6,9-12H2,1-3H3;1-2H3;2H,1H3. The Balaban J connectivity index is 0.000000757. The van der Waals surface area contributed by atoms with Gasteiger partial charge in [0.1, 0.15) is 0 Å². The molecule has 2 aliphatic heterocycles. The van der Waals surface area contributed by atoms with Crippen molar-refractivity contribution < 1.29 is 14.6 Å². The highest BCUT2D eigenvalue weighted by Crippen LogP contribution is 2.31. The fourth-order valence-electron chi connectivity index (χ4n) is 4.20. The van der Waals surface area contributed by atoms with Gasteiger partial charge in [0, 0.05) is 20.2 Å². The number of ether oxygens (including phenoxy) is 2. The number of hydrogen-bond acceptors (Lipinski definition) is 5. The molecule has 1 saturated heterocycles. The topological polar surface area (TPSA) is 82.7 Å². The average molecular weight is 421 g/mol. The van der Waals surface area contributed by atoms with Gasteiger partial charge < -0.3 is 23.7 Å². The van der Waals surface area contributed by atoms with E-state index in [-0.39, 0.29) is 6.10 Å². The number of aliphatic hydroxyl groups excluding tert-OH is 1. The van der Waals surface area contributed by atoms with Crippen LogP contribution < -0.4 is 11.1 Å². The van der Waals surface area contributed by atoms with E-state index >= 15 is 0 Å². The number of nitrogens with zero attached hydrogens (tertiary/aromatic N) is 2. The third kappa shape index (κ3) is 4.85. The number of rotatable bonds is 4. The molecule has 1 aromatic heterocycles. The number of aromatic nitrogens is 2. The molecular weight excluding hydrogens is 384 g/mol. The quantitative estimate of drug-likeness (QED) is 0.768. The van der Waals surface area contributed by atoms with Gasteiger partial charge in [-0.1, -0.05) is 32.9 Å². The van der Waals surface area contributed by atoms with Gasteiger partial charge in [0.25, 0.3) is 0 Å². The number of hydrogen-bond donors (Lipinski definition) is 1. The lowest BCUT2D eigenvalue weighted by atomic mass is 9.93. The van der Waals surface area contributed by atoms with E-state index in [1.165, 1.54) is 0 Å². The second-order valence-electron chi connectivity index (χ2n) is 7.91. The van der Waals surface area contributed by atoms with Crippen LogP contribution in [0.5, 0.6) is 0 Å². The molecule has 1 fully saturated rings. The molecule has 4 rings (SSSR count). The average Bonchev–Trinajstić information content (AvgIpc) is 3.11. The SMILES string of the molecule is CC.CC1CCn2c(=O)c(=O)n(CCCC3COC(C)(C)O3)c3cccc1c32.CO. The van der Waals surface area contributed by atoms with Crippen LogP contribution in [0.25, 0.3) is 11.0 Å². The van der Waals surface area contributed by atoms with Gasteiger partial charge in [-0.3, -0.25) is 9.59 Å². The summed E-state index contributed by atoms with van der Waals surface area (Å²) in [7, 11) is 1.00. The zero-order chi connectivity index (χ0) is 22.5. The van der Waals surface area contributed by atoms with Gasteiger partial charge in [-0.15, -0.1) is 0 Å². The molecule has 7 nitrogen and oxygen atoms in total. The minimum Gasteiger partial charge on any atom is -0.400 e. The molecule has 0 radical (unpaired) electrons. The first-order valence-corrected chi connectivity index (χ1v) is 10.9. The van der Waals surface area contributed by atoms with Crippen LogP contribution >= 0.6 is 0 Å². The smallest absolute Gasteiger partial charge is 0.316 e. The van der Waals surface area contributed by atoms with Crippen molar-refractivity contribution >= 4 is 11.0 Å². The second-order valence-corrected chi connectivity index (χ2v) is 7.91. The van der Waals surface area contributed by atoms with E-state index < -0.39 is 16.9 Å². The molecule has 7 heteroatoms. The monoisotopic (exact) mass is 420 g/mol. The van der Waals surface area contributed by atoms with Crippen molar-refractivity contribution in [2.75, 3.05) is 13.7 Å². The first kappa shape index (κ1) is 24.3. The highest BCUT2D eigenvalue weighted by atomic mass is 16.7. The van der Waals surface area contributed by atoms with Crippen LogP contribution in [0.15, 0.2) is 27.8 Å². The number of benzene rings is 1. The van der Waals surface area contributed by atoms with Gasteiger partial charge in [0.2, 0.25) is 0 Å². The van der Waals surface area contributed by atoms with Crippen LogP contribution in [0.1, 0.15) is 65.4 Å². The number of aryl methyl sites for hydroxylation is 2. The summed E-state index contributed by atoms with van der Waals surface area (Å²) in [6, 6.07) is 6.01. The Morgan fingerprint density at radius 2 is 1.87 bits per heavy atom. The van der Waals surface area contributed by atoms with Crippen LogP contribution in [0, 0.1) is 0 Å². The second kappa shape index (κ2) is 10.4. The van der Waals surface area contributed by atoms with Crippen LogP contribution in [0.2, 0.25) is 0 Å². The molecule has 0 amide bonds. The maximum atomic E-state index is 12.7. The molecule has 0 bridgehead atoms. The molecule has 1 aromatic carbocycles. The predicted molar refractivity (Wildman–Crippen MR) is 119 cm³/mol. The van der Waals surface area contributed by atoms with Gasteiger partial charge in [0.05, 0.1) is 23.7 Å². The zero-order valence-corrected chi connectivity index (χ0v) is 19.1. The van der Waals surface area contributed by atoms with Crippen molar-refractivity contribution in [3.63, 3.8) is 0 Å². The van der Waals surface area contributed by atoms with E-state index in [4.69, 9.17) is 14.6 Å². The van der Waals surface area contributed by atoms with Crippen molar-refractivity contribution in [2.24, 2.45) is 0 Å². The molecule has 2 aliphatic rings. The summed E-state index contributed by atoms with van der Waals surface area (Å²) < 4.78 is 14.7. The van der Waals surface area contributed by atoms with Crippen molar-refractivity contribution in [1.29, 1.82) is 0 Å². The Morgan fingerprint density at radius 3 is 2.50 bits per heavy atom. The summed E-state index contributed by atoms with van der Waals surface area (Å²) in [6.07, 6.45) is 2.50. The minimum absolute atomic E-state index is 0.0433. The van der Waals surface area contributed by atoms with Gasteiger partial charge >= 0.3 is 11.1 Å². The predicted octanol–water partition coefficient (Wildman–Crippen LogP) is 3.24. The fourth-order valence-corrected chi connectivity index (χ4v) is 4.20. The molecule has 2 unspecified atom stereocenters. The van der Waals surface area contributed by atoms with E-state index in [0.717, 1.165) is 43.0 Å². The molecule has 3 heterocycles. The fraction of sp³-hybridized carbons (Fsp3) is 0.652. The summed E-state index contributed by atoms with van der Waals surface area (Å²) in [4.78, 5) is 25.3. The lowest BCUT2D eigenvalue weighted by Crippen LogP contribution is -2.43. The lowest BCUT2D eigenvalue weighted by molar-refractivity contribution is -0.139. The summed E-state index contributed by atoms with van der Waals surface area (Å²) in [5, 5.41) is 7.00. The van der Waals surface area contributed by atoms with E-state index in [9.17, 15) is 9.59 Å². The molecule has 2 atom stereocenters. The number of para-hydroxylation sites is 1. The summed E-state index contributed by atoms with van der Waals surface area (Å²) in [6.45, 7) is 11.7. The Bertz CT molecular complexity index is 960. The highest BCUT2D eigenvalue weighted by molar-refractivity contribution is 5.80. The molecule has 0 saturated carbocycles. The Labute approximate surface area is 178 Å². The van der Waals surface area contributed by atoms with Crippen LogP contribution in [-0.4, -0.2) is 39.8 Å². The van der Waals surface area contributed by atoms with Gasteiger partial charge in [-0.2, -0.15) is 0 Å². The molecular formula is C23H36N2O5. The van der Waals surface area contributed by atoms with Gasteiger partial charge in [-0.05, 0) is 50.7 Å². The summed E-state index contributed by atoms with van der Waals surface area (Å²) in [5.41, 5.74) is 2.13. The molecule has 1 N–H and O–H groups in total. The molecule has 0 aliphatic carbocycles. The van der Waals surface area contributed by atoms with Gasteiger partial charge in [-0.25, -0.2) is 0 Å². The van der Waals surface area contributed by atoms with E-state index in [0.29, 0.717) is 25.6 Å². The van der Waals surface area contributed by atoms with Crippen molar-refractivity contribution in [3.8, 4) is 0 Å². The normalized spacial score (nSPS) is 21.4. The van der Waals surface area contributed by atoms with Crippen LogP contribution in [-0.2, 0) is 22.6 Å². The van der Waals surface area contributed by atoms with Crippen LogP contribution in [0.4, 0.5) is 0 Å². The lowest BCUT2D eigenvalue weighted by Gasteiger charge is -2.25. The maximum Gasteiger partial charge on any atom is 0.316 e. The molecule has 30 heavy (non-hydrogen) atoms. The minimum atomic E-state index is -0.531. The molecule has 2 aromatic rings. The van der Waals surface area contributed by atoms with E-state index in [1.807, 2.05) is 39.8 Å². The van der Waals surface area contributed by atoms with E-state index in [1.54, 1.807) is 9.13 Å². The maximum absolute atomic E-state index is 12.7.